The molecule has 2 aromatic rings. The summed E-state index contributed by atoms with van der Waals surface area (Å²) in [5.41, 5.74) is 5.08. The molecule has 0 aliphatic heterocycles. The van der Waals surface area contributed by atoms with Crippen molar-refractivity contribution < 1.29 is 0 Å². The highest BCUT2D eigenvalue weighted by Crippen LogP contribution is 2.36. The highest BCUT2D eigenvalue weighted by atomic mass is 79.9. The number of hydrogen-bond acceptors (Lipinski definition) is 5. The fourth-order valence-corrected chi connectivity index (χ4v) is 5.31. The summed E-state index contributed by atoms with van der Waals surface area (Å²) in [5, 5.41) is 3.15. The number of aryl methyl sites for hydroxylation is 1. The molecule has 0 aliphatic rings. The minimum atomic E-state index is 0.0810. The van der Waals surface area contributed by atoms with Gasteiger partial charge in [0.1, 0.15) is 0 Å². The van der Waals surface area contributed by atoms with E-state index in [1.807, 2.05) is 6.92 Å². The molecule has 2 rings (SSSR count). The lowest BCUT2D eigenvalue weighted by Gasteiger charge is -2.13. The minimum absolute atomic E-state index is 0.0810. The van der Waals surface area contributed by atoms with Crippen molar-refractivity contribution in [2.45, 2.75) is 19.4 Å². The van der Waals surface area contributed by atoms with Gasteiger partial charge in [0.25, 0.3) is 0 Å². The summed E-state index contributed by atoms with van der Waals surface area (Å²) in [6.45, 7) is 2.00. The SMILES string of the molecule is Cc1csc(CC(NN)c2cc(Br)sc2Br)n1. The van der Waals surface area contributed by atoms with Gasteiger partial charge in [-0.15, -0.1) is 22.7 Å². The second-order valence-corrected chi connectivity index (χ2v) is 8.28. The van der Waals surface area contributed by atoms with Gasteiger partial charge in [-0.1, -0.05) is 0 Å². The van der Waals surface area contributed by atoms with Gasteiger partial charge >= 0.3 is 0 Å². The molecule has 0 saturated carbocycles. The van der Waals surface area contributed by atoms with Gasteiger partial charge < -0.3 is 0 Å². The Balaban J connectivity index is 2.19. The number of rotatable bonds is 4. The number of aromatic nitrogens is 1. The van der Waals surface area contributed by atoms with Crippen molar-refractivity contribution in [1.29, 1.82) is 0 Å². The molecule has 0 aromatic carbocycles. The topological polar surface area (TPSA) is 50.9 Å². The first-order valence-electron chi connectivity index (χ1n) is 4.92. The molecule has 1 atom stereocenters. The van der Waals surface area contributed by atoms with E-state index in [1.54, 1.807) is 22.7 Å². The summed E-state index contributed by atoms with van der Waals surface area (Å²) >= 11 is 10.3. The molecule has 2 heterocycles. The quantitative estimate of drug-likeness (QED) is 0.610. The van der Waals surface area contributed by atoms with Crippen LogP contribution in [0.4, 0.5) is 0 Å². The van der Waals surface area contributed by atoms with Crippen molar-refractivity contribution in [3.8, 4) is 0 Å². The van der Waals surface area contributed by atoms with Crippen LogP contribution in [0.1, 0.15) is 22.3 Å². The Labute approximate surface area is 125 Å². The number of hydrogen-bond donors (Lipinski definition) is 2. The van der Waals surface area contributed by atoms with E-state index in [0.717, 1.165) is 30.3 Å². The Morgan fingerprint density at radius 1 is 1.53 bits per heavy atom. The van der Waals surface area contributed by atoms with Crippen LogP contribution in [0.2, 0.25) is 0 Å². The van der Waals surface area contributed by atoms with E-state index in [0.29, 0.717) is 0 Å². The minimum Gasteiger partial charge on any atom is -0.271 e. The molecule has 0 fully saturated rings. The molecule has 0 radical (unpaired) electrons. The Bertz CT molecular complexity index is 509. The third-order valence-electron chi connectivity index (χ3n) is 2.30. The molecule has 0 amide bonds. The van der Waals surface area contributed by atoms with Crippen LogP contribution in [0.15, 0.2) is 19.0 Å². The Kier molecular flexibility index (Phi) is 4.73. The molecule has 0 bridgehead atoms. The third kappa shape index (κ3) is 3.36. The fourth-order valence-electron chi connectivity index (χ4n) is 1.52. The first-order chi connectivity index (χ1) is 8.10. The zero-order valence-electron chi connectivity index (χ0n) is 9.04. The first kappa shape index (κ1) is 13.6. The molecular weight excluding hydrogens is 386 g/mol. The van der Waals surface area contributed by atoms with E-state index in [1.165, 1.54) is 0 Å². The number of nitrogens with two attached hydrogens (primary N) is 1. The van der Waals surface area contributed by atoms with E-state index in [2.05, 4.69) is 53.7 Å². The molecule has 7 heteroatoms. The van der Waals surface area contributed by atoms with Crippen LogP contribution in [-0.4, -0.2) is 4.98 Å². The predicted molar refractivity (Wildman–Crippen MR) is 80.3 cm³/mol. The maximum absolute atomic E-state index is 5.63. The molecule has 3 N–H and O–H groups in total. The second-order valence-electron chi connectivity index (χ2n) is 3.59. The lowest BCUT2D eigenvalue weighted by Crippen LogP contribution is -2.29. The van der Waals surface area contributed by atoms with Crippen molar-refractivity contribution in [2.75, 3.05) is 0 Å². The van der Waals surface area contributed by atoms with Crippen LogP contribution < -0.4 is 11.3 Å². The van der Waals surface area contributed by atoms with Gasteiger partial charge in [0, 0.05) is 17.5 Å². The number of halogens is 2. The van der Waals surface area contributed by atoms with Gasteiger partial charge in [-0.25, -0.2) is 4.98 Å². The van der Waals surface area contributed by atoms with Gasteiger partial charge in [0.15, 0.2) is 0 Å². The molecule has 0 saturated heterocycles. The van der Waals surface area contributed by atoms with E-state index in [9.17, 15) is 0 Å². The largest absolute Gasteiger partial charge is 0.271 e. The summed E-state index contributed by atoms with van der Waals surface area (Å²) in [7, 11) is 0. The van der Waals surface area contributed by atoms with E-state index in [4.69, 9.17) is 5.84 Å². The maximum Gasteiger partial charge on any atom is 0.0947 e. The number of thiophene rings is 1. The molecule has 17 heavy (non-hydrogen) atoms. The van der Waals surface area contributed by atoms with Crippen LogP contribution in [0.3, 0.4) is 0 Å². The van der Waals surface area contributed by atoms with Crippen LogP contribution in [0.25, 0.3) is 0 Å². The lowest BCUT2D eigenvalue weighted by atomic mass is 10.1. The summed E-state index contributed by atoms with van der Waals surface area (Å²) in [4.78, 5) is 4.46. The fraction of sp³-hybridized carbons (Fsp3) is 0.300. The van der Waals surface area contributed by atoms with Gasteiger partial charge in [0.2, 0.25) is 0 Å². The normalized spacial score (nSPS) is 12.9. The van der Waals surface area contributed by atoms with Crippen molar-refractivity contribution in [1.82, 2.24) is 10.4 Å². The molecule has 92 valence electrons. The van der Waals surface area contributed by atoms with E-state index in [-0.39, 0.29) is 6.04 Å². The highest BCUT2D eigenvalue weighted by Gasteiger charge is 2.17. The smallest absolute Gasteiger partial charge is 0.0947 e. The number of thiazole rings is 1. The average molecular weight is 397 g/mol. The summed E-state index contributed by atoms with van der Waals surface area (Å²) in [6.07, 6.45) is 0.802. The van der Waals surface area contributed by atoms with Gasteiger partial charge in [-0.3, -0.25) is 11.3 Å². The average Bonchev–Trinajstić information content (AvgIpc) is 2.82. The summed E-state index contributed by atoms with van der Waals surface area (Å²) in [6, 6.07) is 2.16. The molecule has 0 aliphatic carbocycles. The van der Waals surface area contributed by atoms with Crippen LogP contribution in [0.5, 0.6) is 0 Å². The monoisotopic (exact) mass is 395 g/mol. The van der Waals surface area contributed by atoms with Crippen molar-refractivity contribution in [3.05, 3.63) is 35.3 Å². The van der Waals surface area contributed by atoms with Crippen molar-refractivity contribution in [2.24, 2.45) is 5.84 Å². The molecular formula is C10H11Br2N3S2. The van der Waals surface area contributed by atoms with Crippen molar-refractivity contribution in [3.63, 3.8) is 0 Å². The van der Waals surface area contributed by atoms with Crippen LogP contribution in [0, 0.1) is 6.92 Å². The van der Waals surface area contributed by atoms with E-state index < -0.39 is 0 Å². The van der Waals surface area contributed by atoms with Gasteiger partial charge in [-0.2, -0.15) is 0 Å². The van der Waals surface area contributed by atoms with Crippen LogP contribution in [-0.2, 0) is 6.42 Å². The Morgan fingerprint density at radius 3 is 2.76 bits per heavy atom. The Morgan fingerprint density at radius 2 is 2.29 bits per heavy atom. The molecule has 3 nitrogen and oxygen atoms in total. The van der Waals surface area contributed by atoms with E-state index >= 15 is 0 Å². The summed E-state index contributed by atoms with van der Waals surface area (Å²) < 4.78 is 2.19. The predicted octanol–water partition coefficient (Wildman–Crippen LogP) is 3.79. The number of nitrogens with zero attached hydrogens (tertiary/aromatic N) is 1. The molecule has 2 aromatic heterocycles. The highest BCUT2D eigenvalue weighted by molar-refractivity contribution is 9.12. The zero-order chi connectivity index (χ0) is 12.4. The van der Waals surface area contributed by atoms with Gasteiger partial charge in [-0.05, 0) is 50.4 Å². The number of nitrogens with one attached hydrogen (secondary N) is 1. The Hall–Kier alpha value is 0.210. The zero-order valence-corrected chi connectivity index (χ0v) is 13.8. The maximum atomic E-state index is 5.63. The first-order valence-corrected chi connectivity index (χ1v) is 8.20. The molecule has 0 spiro atoms. The third-order valence-corrected chi connectivity index (χ3v) is 5.68. The summed E-state index contributed by atoms with van der Waals surface area (Å²) in [5.74, 6) is 5.63. The number of hydrazine groups is 1. The van der Waals surface area contributed by atoms with Crippen molar-refractivity contribution >= 4 is 54.5 Å². The standard InChI is InChI=1S/C10H11Br2N3S2/c1-5-4-16-9(14-5)3-7(15-13)6-2-8(11)17-10(6)12/h2,4,7,15H,3,13H2,1H3. The lowest BCUT2D eigenvalue weighted by molar-refractivity contribution is 0.550. The second kappa shape index (κ2) is 5.90. The molecule has 1 unspecified atom stereocenters. The van der Waals surface area contributed by atoms with Gasteiger partial charge in [0.05, 0.1) is 18.6 Å². The van der Waals surface area contributed by atoms with Crippen LogP contribution >= 0.6 is 54.5 Å².